The molecule has 0 heterocycles. The zero-order valence-electron chi connectivity index (χ0n) is 3.47. The molecular formula is C3H6NO2. The molecule has 1 radical (unpaired) electrons. The SMILES string of the molecule is CC(N)O[C]=O. The van der Waals surface area contributed by atoms with Crippen LogP contribution in [0.5, 0.6) is 0 Å². The van der Waals surface area contributed by atoms with E-state index in [1.54, 1.807) is 6.92 Å². The molecular weight excluding hydrogens is 82.0 g/mol. The van der Waals surface area contributed by atoms with E-state index in [9.17, 15) is 4.79 Å². The first-order valence-corrected chi connectivity index (χ1v) is 1.55. The van der Waals surface area contributed by atoms with Crippen molar-refractivity contribution in [3.05, 3.63) is 0 Å². The van der Waals surface area contributed by atoms with Crippen LogP contribution in [0.15, 0.2) is 0 Å². The summed E-state index contributed by atoms with van der Waals surface area (Å²) in [5, 5.41) is 0. The summed E-state index contributed by atoms with van der Waals surface area (Å²) in [5.74, 6) is 0. The summed E-state index contributed by atoms with van der Waals surface area (Å²) in [4.78, 5) is 9.19. The summed E-state index contributed by atoms with van der Waals surface area (Å²) in [7, 11) is 0. The van der Waals surface area contributed by atoms with E-state index in [4.69, 9.17) is 5.73 Å². The number of rotatable bonds is 2. The molecule has 0 aromatic heterocycles. The second kappa shape index (κ2) is 2.66. The topological polar surface area (TPSA) is 52.3 Å². The van der Waals surface area contributed by atoms with Gasteiger partial charge in [-0.3, -0.25) is 5.73 Å². The van der Waals surface area contributed by atoms with Gasteiger partial charge in [-0.25, -0.2) is 4.79 Å². The predicted octanol–water partition coefficient (Wildman–Crippen LogP) is -0.625. The Kier molecular flexibility index (Phi) is 2.40. The van der Waals surface area contributed by atoms with Crippen molar-refractivity contribution in [3.63, 3.8) is 0 Å². The molecule has 0 aliphatic rings. The third kappa shape index (κ3) is 3.43. The molecule has 0 fully saturated rings. The van der Waals surface area contributed by atoms with Crippen LogP contribution in [0.25, 0.3) is 0 Å². The molecule has 2 N–H and O–H groups in total. The van der Waals surface area contributed by atoms with Gasteiger partial charge in [-0.15, -0.1) is 0 Å². The molecule has 0 amide bonds. The Balaban J connectivity index is 2.81. The van der Waals surface area contributed by atoms with E-state index >= 15 is 0 Å². The van der Waals surface area contributed by atoms with Crippen LogP contribution in [0.3, 0.4) is 0 Å². The normalized spacial score (nSPS) is 13.0. The van der Waals surface area contributed by atoms with Gasteiger partial charge in [0, 0.05) is 0 Å². The Bertz CT molecular complexity index is 44.1. The van der Waals surface area contributed by atoms with Crippen molar-refractivity contribution >= 4 is 6.47 Å². The van der Waals surface area contributed by atoms with Gasteiger partial charge in [0.1, 0.15) is 6.23 Å². The molecule has 0 spiro atoms. The molecule has 0 aromatic rings. The quantitative estimate of drug-likeness (QED) is 0.457. The van der Waals surface area contributed by atoms with E-state index < -0.39 is 6.23 Å². The van der Waals surface area contributed by atoms with E-state index in [0.717, 1.165) is 0 Å². The highest BCUT2D eigenvalue weighted by Crippen LogP contribution is 1.68. The highest BCUT2D eigenvalue weighted by molar-refractivity contribution is 5.38. The first-order chi connectivity index (χ1) is 2.77. The molecule has 0 saturated carbocycles. The predicted molar refractivity (Wildman–Crippen MR) is 20.4 cm³/mol. The summed E-state index contributed by atoms with van der Waals surface area (Å²) in [6.07, 6.45) is -0.525. The van der Waals surface area contributed by atoms with E-state index in [1.807, 2.05) is 0 Å². The smallest absolute Gasteiger partial charge is 0.419 e. The van der Waals surface area contributed by atoms with Gasteiger partial charge in [-0.05, 0) is 6.92 Å². The molecule has 35 valence electrons. The van der Waals surface area contributed by atoms with E-state index in [0.29, 0.717) is 0 Å². The van der Waals surface area contributed by atoms with Gasteiger partial charge in [0.15, 0.2) is 0 Å². The fourth-order valence-electron chi connectivity index (χ4n) is 0.0759. The number of ether oxygens (including phenoxy) is 1. The maximum atomic E-state index is 9.19. The minimum absolute atomic E-state index is 0.525. The number of nitrogens with two attached hydrogens (primary N) is 1. The lowest BCUT2D eigenvalue weighted by atomic mass is 10.7. The molecule has 6 heavy (non-hydrogen) atoms. The molecule has 0 bridgehead atoms. The van der Waals surface area contributed by atoms with Crippen LogP contribution in [0, 0.1) is 0 Å². The molecule has 0 rings (SSSR count). The Labute approximate surface area is 36.1 Å². The lowest BCUT2D eigenvalue weighted by Crippen LogP contribution is -2.17. The van der Waals surface area contributed by atoms with Crippen molar-refractivity contribution in [2.75, 3.05) is 0 Å². The van der Waals surface area contributed by atoms with Crippen molar-refractivity contribution in [2.45, 2.75) is 13.2 Å². The minimum Gasteiger partial charge on any atom is -0.439 e. The summed E-state index contributed by atoms with van der Waals surface area (Å²) < 4.78 is 4.01. The lowest BCUT2D eigenvalue weighted by molar-refractivity contribution is 0.201. The lowest BCUT2D eigenvalue weighted by Gasteiger charge is -1.95. The van der Waals surface area contributed by atoms with Crippen molar-refractivity contribution in [3.8, 4) is 0 Å². The molecule has 3 nitrogen and oxygen atoms in total. The van der Waals surface area contributed by atoms with E-state index in [2.05, 4.69) is 4.74 Å². The van der Waals surface area contributed by atoms with Crippen LogP contribution in [0.2, 0.25) is 0 Å². The Morgan fingerprint density at radius 2 is 2.50 bits per heavy atom. The van der Waals surface area contributed by atoms with Gasteiger partial charge in [-0.2, -0.15) is 0 Å². The maximum absolute atomic E-state index is 9.19. The average Bonchev–Trinajstić information content (AvgIpc) is 1.35. The first-order valence-electron chi connectivity index (χ1n) is 1.55. The van der Waals surface area contributed by atoms with Gasteiger partial charge in [0.2, 0.25) is 0 Å². The fraction of sp³-hybridized carbons (Fsp3) is 0.667. The number of hydrogen-bond acceptors (Lipinski definition) is 3. The van der Waals surface area contributed by atoms with Crippen molar-refractivity contribution in [1.29, 1.82) is 0 Å². The van der Waals surface area contributed by atoms with Crippen molar-refractivity contribution in [2.24, 2.45) is 5.73 Å². The van der Waals surface area contributed by atoms with Gasteiger partial charge >= 0.3 is 6.47 Å². The molecule has 0 aromatic carbocycles. The zero-order valence-corrected chi connectivity index (χ0v) is 3.47. The van der Waals surface area contributed by atoms with Gasteiger partial charge in [0.05, 0.1) is 0 Å². The highest BCUT2D eigenvalue weighted by Gasteiger charge is 1.85. The van der Waals surface area contributed by atoms with Crippen LogP contribution < -0.4 is 5.73 Å². The average molecular weight is 88.1 g/mol. The van der Waals surface area contributed by atoms with Crippen LogP contribution in [-0.4, -0.2) is 12.7 Å². The van der Waals surface area contributed by atoms with Crippen LogP contribution in [0.1, 0.15) is 6.92 Å². The monoisotopic (exact) mass is 88.0 g/mol. The molecule has 0 aliphatic carbocycles. The standard InChI is InChI=1S/C3H6NO2/c1-3(4)6-2-5/h3H,4H2,1H3. The minimum atomic E-state index is -0.525. The van der Waals surface area contributed by atoms with Gasteiger partial charge in [0.25, 0.3) is 0 Å². The fourth-order valence-corrected chi connectivity index (χ4v) is 0.0759. The summed E-state index contributed by atoms with van der Waals surface area (Å²) in [6.45, 7) is 2.74. The largest absolute Gasteiger partial charge is 0.439 e. The van der Waals surface area contributed by atoms with Crippen LogP contribution in [-0.2, 0) is 9.53 Å². The van der Waals surface area contributed by atoms with E-state index in [1.165, 1.54) is 6.47 Å². The number of carbonyl (C=O) groups excluding carboxylic acids is 1. The third-order valence-corrected chi connectivity index (χ3v) is 0.234. The van der Waals surface area contributed by atoms with E-state index in [-0.39, 0.29) is 0 Å². The Morgan fingerprint density at radius 1 is 2.00 bits per heavy atom. The Hall–Kier alpha value is -0.570. The highest BCUT2D eigenvalue weighted by atomic mass is 16.5. The molecule has 0 aliphatic heterocycles. The van der Waals surface area contributed by atoms with Gasteiger partial charge < -0.3 is 4.74 Å². The summed E-state index contributed by atoms with van der Waals surface area (Å²) >= 11 is 0. The third-order valence-electron chi connectivity index (χ3n) is 0.234. The molecule has 1 unspecified atom stereocenters. The summed E-state index contributed by atoms with van der Waals surface area (Å²) in [5.41, 5.74) is 4.92. The summed E-state index contributed by atoms with van der Waals surface area (Å²) in [6, 6.07) is 0. The van der Waals surface area contributed by atoms with Crippen LogP contribution >= 0.6 is 0 Å². The second-order valence-electron chi connectivity index (χ2n) is 0.906. The van der Waals surface area contributed by atoms with Crippen LogP contribution in [0.4, 0.5) is 0 Å². The number of hydrogen-bond donors (Lipinski definition) is 1. The molecule has 1 atom stereocenters. The maximum Gasteiger partial charge on any atom is 0.419 e. The van der Waals surface area contributed by atoms with Crippen molar-refractivity contribution in [1.82, 2.24) is 0 Å². The molecule has 0 saturated heterocycles. The second-order valence-corrected chi connectivity index (χ2v) is 0.906. The Morgan fingerprint density at radius 3 is 2.50 bits per heavy atom. The molecule has 3 heteroatoms. The first kappa shape index (κ1) is 5.43. The van der Waals surface area contributed by atoms with Gasteiger partial charge in [-0.1, -0.05) is 0 Å². The zero-order chi connectivity index (χ0) is 4.99. The van der Waals surface area contributed by atoms with Crippen molar-refractivity contribution < 1.29 is 9.53 Å².